The molecular formula is C21H29N5O3. The highest BCUT2D eigenvalue weighted by molar-refractivity contribution is 6.05. The monoisotopic (exact) mass is 399 g/mol. The van der Waals surface area contributed by atoms with Gasteiger partial charge in [0.15, 0.2) is 5.69 Å². The molecule has 1 aliphatic heterocycles. The van der Waals surface area contributed by atoms with E-state index in [9.17, 15) is 14.7 Å². The molecule has 1 unspecified atom stereocenters. The van der Waals surface area contributed by atoms with Crippen molar-refractivity contribution in [1.82, 2.24) is 14.7 Å². The molecule has 3 rings (SSSR count). The van der Waals surface area contributed by atoms with Crippen molar-refractivity contribution in [1.29, 1.82) is 0 Å². The Labute approximate surface area is 170 Å². The van der Waals surface area contributed by atoms with Crippen LogP contribution in [0.25, 0.3) is 0 Å². The van der Waals surface area contributed by atoms with Crippen molar-refractivity contribution in [2.75, 3.05) is 23.7 Å². The molecular weight excluding hydrogens is 370 g/mol. The number of hydrogen-bond acceptors (Lipinski definition) is 5. The van der Waals surface area contributed by atoms with Gasteiger partial charge in [-0.15, -0.1) is 0 Å². The summed E-state index contributed by atoms with van der Waals surface area (Å²) in [5, 5.41) is 19.9. The first-order valence-corrected chi connectivity index (χ1v) is 10.0. The summed E-state index contributed by atoms with van der Waals surface area (Å²) < 4.78 is 1.63. The molecule has 0 saturated carbocycles. The number of rotatable bonds is 7. The topological polar surface area (TPSA) is 99.5 Å². The molecule has 0 spiro atoms. The Morgan fingerprint density at radius 2 is 2.00 bits per heavy atom. The first kappa shape index (κ1) is 21.0. The van der Waals surface area contributed by atoms with Crippen molar-refractivity contribution in [2.24, 2.45) is 7.05 Å². The standard InChI is InChI=1S/C21H29N5O3/c1-4-6-19(28)22-17-7-5-8-18(14(17)2)23-21(29)20-15(11-25(3)24-20)12-26-10-9-16(27)13-26/h5,7-8,11,16,27H,4,6,9-10,12-13H2,1-3H3,(H,22,28)(H,23,29). The average molecular weight is 399 g/mol. The lowest BCUT2D eigenvalue weighted by Gasteiger charge is -2.15. The molecule has 8 heteroatoms. The number of benzene rings is 1. The highest BCUT2D eigenvalue weighted by atomic mass is 16.3. The third kappa shape index (κ3) is 5.21. The van der Waals surface area contributed by atoms with E-state index < -0.39 is 0 Å². The maximum atomic E-state index is 12.9. The van der Waals surface area contributed by atoms with Crippen molar-refractivity contribution >= 4 is 23.2 Å². The smallest absolute Gasteiger partial charge is 0.276 e. The fourth-order valence-electron chi connectivity index (χ4n) is 3.57. The number of β-amino-alcohol motifs (C(OH)–C–C–N with tert-alkyl or cyclic N) is 1. The van der Waals surface area contributed by atoms with Crippen molar-refractivity contribution in [2.45, 2.75) is 45.8 Å². The van der Waals surface area contributed by atoms with Gasteiger partial charge >= 0.3 is 0 Å². The molecule has 156 valence electrons. The molecule has 3 N–H and O–H groups in total. The van der Waals surface area contributed by atoms with E-state index in [1.165, 1.54) is 0 Å². The summed E-state index contributed by atoms with van der Waals surface area (Å²) in [6.07, 6.45) is 3.51. The lowest BCUT2D eigenvalue weighted by atomic mass is 10.1. The van der Waals surface area contributed by atoms with Crippen LogP contribution in [-0.2, 0) is 18.4 Å². The Morgan fingerprint density at radius 3 is 2.66 bits per heavy atom. The molecule has 1 aromatic carbocycles. The maximum Gasteiger partial charge on any atom is 0.276 e. The van der Waals surface area contributed by atoms with Gasteiger partial charge in [-0.25, -0.2) is 0 Å². The molecule has 1 aromatic heterocycles. The van der Waals surface area contributed by atoms with Gasteiger partial charge in [0.25, 0.3) is 5.91 Å². The lowest BCUT2D eigenvalue weighted by molar-refractivity contribution is -0.116. The number of likely N-dealkylation sites (tertiary alicyclic amines) is 1. The van der Waals surface area contributed by atoms with Crippen LogP contribution in [0.3, 0.4) is 0 Å². The van der Waals surface area contributed by atoms with Crippen LogP contribution in [0.4, 0.5) is 11.4 Å². The van der Waals surface area contributed by atoms with Gasteiger partial charge in [0.1, 0.15) is 0 Å². The van der Waals surface area contributed by atoms with Crippen molar-refractivity contribution in [3.8, 4) is 0 Å². The van der Waals surface area contributed by atoms with E-state index in [1.54, 1.807) is 17.8 Å². The van der Waals surface area contributed by atoms with Gasteiger partial charge in [0.05, 0.1) is 6.10 Å². The van der Waals surface area contributed by atoms with Crippen LogP contribution in [-0.4, -0.2) is 50.8 Å². The number of nitrogens with zero attached hydrogens (tertiary/aromatic N) is 3. The van der Waals surface area contributed by atoms with Gasteiger partial charge < -0.3 is 15.7 Å². The number of amides is 2. The number of anilines is 2. The molecule has 0 aliphatic carbocycles. The Hall–Kier alpha value is -2.71. The Bertz CT molecular complexity index is 892. The first-order chi connectivity index (χ1) is 13.9. The zero-order valence-electron chi connectivity index (χ0n) is 17.2. The summed E-state index contributed by atoms with van der Waals surface area (Å²) in [4.78, 5) is 27.0. The number of carbonyl (C=O) groups excluding carboxylic acids is 2. The molecule has 2 aromatic rings. The summed E-state index contributed by atoms with van der Waals surface area (Å²) in [6.45, 7) is 5.79. The van der Waals surface area contributed by atoms with Gasteiger partial charge in [-0.05, 0) is 37.5 Å². The summed E-state index contributed by atoms with van der Waals surface area (Å²) in [5.74, 6) is -0.334. The van der Waals surface area contributed by atoms with E-state index in [0.717, 1.165) is 30.5 Å². The van der Waals surface area contributed by atoms with Crippen molar-refractivity contribution in [3.05, 3.63) is 41.2 Å². The summed E-state index contributed by atoms with van der Waals surface area (Å²) >= 11 is 0. The second kappa shape index (κ2) is 9.19. The number of aromatic nitrogens is 2. The largest absolute Gasteiger partial charge is 0.392 e. The predicted octanol–water partition coefficient (Wildman–Crippen LogP) is 2.29. The van der Waals surface area contributed by atoms with Gasteiger partial charge in [0.2, 0.25) is 5.91 Å². The molecule has 1 fully saturated rings. The highest BCUT2D eigenvalue weighted by Gasteiger charge is 2.24. The normalized spacial score (nSPS) is 16.8. The quantitative estimate of drug-likeness (QED) is 0.663. The Balaban J connectivity index is 1.74. The molecule has 2 amide bonds. The van der Waals surface area contributed by atoms with E-state index in [1.807, 2.05) is 32.2 Å². The maximum absolute atomic E-state index is 12.9. The molecule has 29 heavy (non-hydrogen) atoms. The van der Waals surface area contributed by atoms with E-state index in [4.69, 9.17) is 0 Å². The van der Waals surface area contributed by atoms with Crippen LogP contribution in [0.5, 0.6) is 0 Å². The van der Waals surface area contributed by atoms with E-state index in [-0.39, 0.29) is 17.9 Å². The molecule has 1 aliphatic rings. The fourth-order valence-corrected chi connectivity index (χ4v) is 3.57. The number of aliphatic hydroxyl groups excluding tert-OH is 1. The van der Waals surface area contributed by atoms with E-state index >= 15 is 0 Å². The predicted molar refractivity (Wildman–Crippen MR) is 112 cm³/mol. The number of carbonyl (C=O) groups is 2. The molecule has 1 saturated heterocycles. The van der Waals surface area contributed by atoms with Gasteiger partial charge in [-0.2, -0.15) is 5.10 Å². The Kier molecular flexibility index (Phi) is 6.66. The van der Waals surface area contributed by atoms with Gasteiger partial charge in [-0.1, -0.05) is 13.0 Å². The minimum Gasteiger partial charge on any atom is -0.392 e. The van der Waals surface area contributed by atoms with Crippen LogP contribution >= 0.6 is 0 Å². The summed E-state index contributed by atoms with van der Waals surface area (Å²) in [7, 11) is 1.79. The third-order valence-corrected chi connectivity index (χ3v) is 5.09. The molecule has 2 heterocycles. The van der Waals surface area contributed by atoms with Crippen LogP contribution in [0, 0.1) is 6.92 Å². The first-order valence-electron chi connectivity index (χ1n) is 10.0. The molecule has 0 radical (unpaired) electrons. The summed E-state index contributed by atoms with van der Waals surface area (Å²) in [6, 6.07) is 5.43. The van der Waals surface area contributed by atoms with Crippen molar-refractivity contribution in [3.63, 3.8) is 0 Å². The SMILES string of the molecule is CCCC(=O)Nc1cccc(NC(=O)c2nn(C)cc2CN2CCC(O)C2)c1C. The minimum atomic E-state index is -0.308. The zero-order chi connectivity index (χ0) is 21.0. The number of aliphatic hydroxyl groups is 1. The molecule has 8 nitrogen and oxygen atoms in total. The van der Waals surface area contributed by atoms with Gasteiger partial charge in [0, 0.05) is 56.2 Å². The Morgan fingerprint density at radius 1 is 1.28 bits per heavy atom. The second-order valence-electron chi connectivity index (χ2n) is 7.58. The number of hydrogen-bond donors (Lipinski definition) is 3. The average Bonchev–Trinajstić information content (AvgIpc) is 3.24. The highest BCUT2D eigenvalue weighted by Crippen LogP contribution is 2.25. The zero-order valence-corrected chi connectivity index (χ0v) is 17.2. The van der Waals surface area contributed by atoms with Crippen LogP contribution in [0.15, 0.2) is 24.4 Å². The summed E-state index contributed by atoms with van der Waals surface area (Å²) in [5.41, 5.74) is 3.31. The lowest BCUT2D eigenvalue weighted by Crippen LogP contribution is -2.23. The van der Waals surface area contributed by atoms with Crippen LogP contribution < -0.4 is 10.6 Å². The van der Waals surface area contributed by atoms with Crippen LogP contribution in [0.1, 0.15) is 47.8 Å². The third-order valence-electron chi connectivity index (χ3n) is 5.09. The number of aryl methyl sites for hydroxylation is 1. The van der Waals surface area contributed by atoms with Crippen molar-refractivity contribution < 1.29 is 14.7 Å². The number of nitrogens with one attached hydrogen (secondary N) is 2. The second-order valence-corrected chi connectivity index (χ2v) is 7.58. The van der Waals surface area contributed by atoms with Crippen LogP contribution in [0.2, 0.25) is 0 Å². The molecule has 1 atom stereocenters. The van der Waals surface area contributed by atoms with Gasteiger partial charge in [-0.3, -0.25) is 19.2 Å². The fraction of sp³-hybridized carbons (Fsp3) is 0.476. The molecule has 0 bridgehead atoms. The van der Waals surface area contributed by atoms with E-state index in [0.29, 0.717) is 36.6 Å². The minimum absolute atomic E-state index is 0.0427. The van der Waals surface area contributed by atoms with E-state index in [2.05, 4.69) is 20.6 Å².